The van der Waals surface area contributed by atoms with E-state index in [1.54, 1.807) is 11.9 Å². The summed E-state index contributed by atoms with van der Waals surface area (Å²) < 4.78 is 5.22. The van der Waals surface area contributed by atoms with Crippen molar-refractivity contribution in [3.63, 3.8) is 0 Å². The molecular formula is C12H15NO4. The van der Waals surface area contributed by atoms with Crippen LogP contribution in [0, 0.1) is 0 Å². The standard InChI is InChI=1S/C12H15NO4/c1-13(9-4-5-17-7-9)12(16)8-2-3-10(14)11(15)6-8/h2-3,6,9,14-15H,4-5,7H2,1H3. The van der Waals surface area contributed by atoms with Crippen molar-refractivity contribution in [2.45, 2.75) is 12.5 Å². The van der Waals surface area contributed by atoms with E-state index in [4.69, 9.17) is 4.74 Å². The molecule has 5 nitrogen and oxygen atoms in total. The van der Waals surface area contributed by atoms with Gasteiger partial charge in [0.25, 0.3) is 5.91 Å². The molecule has 1 aromatic rings. The van der Waals surface area contributed by atoms with E-state index in [9.17, 15) is 15.0 Å². The average molecular weight is 237 g/mol. The summed E-state index contributed by atoms with van der Waals surface area (Å²) >= 11 is 0. The molecule has 0 spiro atoms. The monoisotopic (exact) mass is 237 g/mol. The molecule has 2 N–H and O–H groups in total. The van der Waals surface area contributed by atoms with Crippen molar-refractivity contribution < 1.29 is 19.7 Å². The largest absolute Gasteiger partial charge is 0.504 e. The minimum absolute atomic E-state index is 0.0819. The van der Waals surface area contributed by atoms with E-state index in [2.05, 4.69) is 0 Å². The van der Waals surface area contributed by atoms with Gasteiger partial charge in [0, 0.05) is 19.2 Å². The Morgan fingerprint density at radius 2 is 2.18 bits per heavy atom. The Morgan fingerprint density at radius 1 is 1.41 bits per heavy atom. The highest BCUT2D eigenvalue weighted by Crippen LogP contribution is 2.26. The molecule has 0 radical (unpaired) electrons. The number of phenols is 2. The third kappa shape index (κ3) is 2.34. The van der Waals surface area contributed by atoms with Gasteiger partial charge in [0.1, 0.15) is 0 Å². The number of phenolic OH excluding ortho intramolecular Hbond substituents is 2. The zero-order valence-electron chi connectivity index (χ0n) is 9.59. The van der Waals surface area contributed by atoms with E-state index >= 15 is 0 Å². The summed E-state index contributed by atoms with van der Waals surface area (Å²) in [5.74, 6) is -0.698. The molecule has 92 valence electrons. The van der Waals surface area contributed by atoms with Crippen LogP contribution in [0.1, 0.15) is 16.8 Å². The number of amides is 1. The van der Waals surface area contributed by atoms with E-state index < -0.39 is 0 Å². The number of benzene rings is 1. The lowest BCUT2D eigenvalue weighted by molar-refractivity contribution is 0.0711. The predicted octanol–water partition coefficient (Wildman–Crippen LogP) is 0.959. The van der Waals surface area contributed by atoms with E-state index in [1.807, 2.05) is 0 Å². The maximum Gasteiger partial charge on any atom is 0.254 e. The predicted molar refractivity (Wildman–Crippen MR) is 61.1 cm³/mol. The van der Waals surface area contributed by atoms with Crippen molar-refractivity contribution in [2.75, 3.05) is 20.3 Å². The highest BCUT2D eigenvalue weighted by atomic mass is 16.5. The molecule has 0 bridgehead atoms. The van der Waals surface area contributed by atoms with E-state index in [0.717, 1.165) is 6.42 Å². The molecule has 5 heteroatoms. The van der Waals surface area contributed by atoms with Crippen LogP contribution in [0.4, 0.5) is 0 Å². The first-order chi connectivity index (χ1) is 8.09. The molecule has 0 aliphatic carbocycles. The van der Waals surface area contributed by atoms with Crippen LogP contribution in [-0.2, 0) is 4.74 Å². The molecule has 1 unspecified atom stereocenters. The third-order valence-electron chi connectivity index (χ3n) is 3.00. The second kappa shape index (κ2) is 4.63. The molecule has 1 heterocycles. The van der Waals surface area contributed by atoms with Gasteiger partial charge in [-0.15, -0.1) is 0 Å². The van der Waals surface area contributed by atoms with Gasteiger partial charge in [0.05, 0.1) is 12.6 Å². The van der Waals surface area contributed by atoms with Crippen LogP contribution < -0.4 is 0 Å². The molecule has 1 fully saturated rings. The number of aromatic hydroxyl groups is 2. The number of carbonyl (C=O) groups is 1. The number of carbonyl (C=O) groups excluding carboxylic acids is 1. The Bertz CT molecular complexity index is 427. The van der Waals surface area contributed by atoms with Crippen molar-refractivity contribution in [3.8, 4) is 11.5 Å². The third-order valence-corrected chi connectivity index (χ3v) is 3.00. The number of rotatable bonds is 2. The number of nitrogens with zero attached hydrogens (tertiary/aromatic N) is 1. The quantitative estimate of drug-likeness (QED) is 0.752. The van der Waals surface area contributed by atoms with E-state index in [-0.39, 0.29) is 23.4 Å². The first kappa shape index (κ1) is 11.7. The molecule has 0 aromatic heterocycles. The lowest BCUT2D eigenvalue weighted by Crippen LogP contribution is -2.37. The fraction of sp³-hybridized carbons (Fsp3) is 0.417. The number of hydrogen-bond donors (Lipinski definition) is 2. The normalized spacial score (nSPS) is 19.2. The summed E-state index contributed by atoms with van der Waals surface area (Å²) in [4.78, 5) is 13.7. The fourth-order valence-corrected chi connectivity index (χ4v) is 1.85. The van der Waals surface area contributed by atoms with Crippen molar-refractivity contribution in [1.82, 2.24) is 4.90 Å². The van der Waals surface area contributed by atoms with Gasteiger partial charge in [0.2, 0.25) is 0 Å². The molecule has 1 atom stereocenters. The zero-order valence-corrected chi connectivity index (χ0v) is 9.59. The number of hydrogen-bond acceptors (Lipinski definition) is 4. The van der Waals surface area contributed by atoms with Crippen LogP contribution in [0.2, 0.25) is 0 Å². The number of ether oxygens (including phenoxy) is 1. The highest BCUT2D eigenvalue weighted by Gasteiger charge is 2.25. The Morgan fingerprint density at radius 3 is 2.76 bits per heavy atom. The van der Waals surface area contributed by atoms with Crippen LogP contribution in [0.15, 0.2) is 18.2 Å². The molecule has 0 saturated carbocycles. The van der Waals surface area contributed by atoms with Gasteiger partial charge in [-0.3, -0.25) is 4.79 Å². The van der Waals surface area contributed by atoms with Gasteiger partial charge in [0.15, 0.2) is 11.5 Å². The maximum atomic E-state index is 12.1. The summed E-state index contributed by atoms with van der Waals surface area (Å²) in [5, 5.41) is 18.5. The Kier molecular flexibility index (Phi) is 3.19. The van der Waals surface area contributed by atoms with Gasteiger partial charge < -0.3 is 19.8 Å². The molecule has 2 rings (SSSR count). The Hall–Kier alpha value is -1.75. The molecule has 1 amide bonds. The van der Waals surface area contributed by atoms with Crippen LogP contribution in [0.5, 0.6) is 11.5 Å². The van der Waals surface area contributed by atoms with Crippen molar-refractivity contribution >= 4 is 5.91 Å². The first-order valence-corrected chi connectivity index (χ1v) is 5.46. The molecule has 1 saturated heterocycles. The van der Waals surface area contributed by atoms with Crippen LogP contribution in [0.3, 0.4) is 0 Å². The van der Waals surface area contributed by atoms with Crippen molar-refractivity contribution in [1.29, 1.82) is 0 Å². The van der Waals surface area contributed by atoms with Crippen LogP contribution >= 0.6 is 0 Å². The summed E-state index contributed by atoms with van der Waals surface area (Å²) in [6, 6.07) is 4.15. The lowest BCUT2D eigenvalue weighted by Gasteiger charge is -2.23. The van der Waals surface area contributed by atoms with E-state index in [1.165, 1.54) is 18.2 Å². The molecular weight excluding hydrogens is 222 g/mol. The zero-order chi connectivity index (χ0) is 12.4. The molecule has 1 aliphatic heterocycles. The summed E-state index contributed by atoms with van der Waals surface area (Å²) in [7, 11) is 1.71. The molecule has 1 aliphatic rings. The van der Waals surface area contributed by atoms with Gasteiger partial charge in [-0.1, -0.05) is 0 Å². The number of likely N-dealkylation sites (N-methyl/N-ethyl adjacent to an activating group) is 1. The van der Waals surface area contributed by atoms with Gasteiger partial charge in [-0.05, 0) is 24.6 Å². The Labute approximate surface area is 99.2 Å². The fourth-order valence-electron chi connectivity index (χ4n) is 1.85. The van der Waals surface area contributed by atoms with Crippen molar-refractivity contribution in [3.05, 3.63) is 23.8 Å². The first-order valence-electron chi connectivity index (χ1n) is 5.46. The SMILES string of the molecule is CN(C(=O)c1ccc(O)c(O)c1)C1CCOC1. The average Bonchev–Trinajstić information content (AvgIpc) is 2.84. The van der Waals surface area contributed by atoms with Gasteiger partial charge >= 0.3 is 0 Å². The smallest absolute Gasteiger partial charge is 0.254 e. The minimum Gasteiger partial charge on any atom is -0.504 e. The summed E-state index contributed by atoms with van der Waals surface area (Å²) in [5.41, 5.74) is 0.356. The van der Waals surface area contributed by atoms with Gasteiger partial charge in [-0.2, -0.15) is 0 Å². The lowest BCUT2D eigenvalue weighted by atomic mass is 10.1. The topological polar surface area (TPSA) is 70.0 Å². The van der Waals surface area contributed by atoms with Crippen LogP contribution in [-0.4, -0.2) is 47.3 Å². The van der Waals surface area contributed by atoms with Crippen LogP contribution in [0.25, 0.3) is 0 Å². The second-order valence-electron chi connectivity index (χ2n) is 4.14. The molecule has 1 aromatic carbocycles. The maximum absolute atomic E-state index is 12.1. The van der Waals surface area contributed by atoms with Gasteiger partial charge in [-0.25, -0.2) is 0 Å². The highest BCUT2D eigenvalue weighted by molar-refractivity contribution is 5.95. The minimum atomic E-state index is -0.285. The second-order valence-corrected chi connectivity index (χ2v) is 4.14. The van der Waals surface area contributed by atoms with Crippen molar-refractivity contribution in [2.24, 2.45) is 0 Å². The molecule has 17 heavy (non-hydrogen) atoms. The Balaban J connectivity index is 2.15. The summed E-state index contributed by atoms with van der Waals surface area (Å²) in [6.07, 6.45) is 0.826. The van der Waals surface area contributed by atoms with E-state index in [0.29, 0.717) is 18.8 Å². The summed E-state index contributed by atoms with van der Waals surface area (Å²) in [6.45, 7) is 1.22.